The van der Waals surface area contributed by atoms with E-state index in [1.165, 1.54) is 19.3 Å². The Kier molecular flexibility index (Phi) is 2.26. The van der Waals surface area contributed by atoms with Crippen LogP contribution in [0.4, 0.5) is 0 Å². The highest BCUT2D eigenvalue weighted by Crippen LogP contribution is 2.59. The third-order valence-electron chi connectivity index (χ3n) is 5.04. The van der Waals surface area contributed by atoms with Crippen molar-refractivity contribution in [2.24, 2.45) is 17.8 Å². The van der Waals surface area contributed by atoms with Gasteiger partial charge in [-0.25, -0.2) is 0 Å². The summed E-state index contributed by atoms with van der Waals surface area (Å²) < 4.78 is 5.65. The van der Waals surface area contributed by atoms with Gasteiger partial charge in [-0.15, -0.1) is 0 Å². The van der Waals surface area contributed by atoms with Crippen molar-refractivity contribution < 1.29 is 9.53 Å². The molecular weight excluding hydrogens is 224 g/mol. The summed E-state index contributed by atoms with van der Waals surface area (Å²) in [4.78, 5) is 12.7. The highest BCUT2D eigenvalue weighted by atomic mass is 16.5. The second-order valence-electron chi connectivity index (χ2n) is 5.91. The van der Waals surface area contributed by atoms with Crippen molar-refractivity contribution in [1.29, 1.82) is 0 Å². The summed E-state index contributed by atoms with van der Waals surface area (Å²) in [7, 11) is 0. The summed E-state index contributed by atoms with van der Waals surface area (Å²) in [6.45, 7) is 0.690. The fourth-order valence-electron chi connectivity index (χ4n) is 4.11. The number of fused-ring (bicyclic) bond motifs is 2. The molecule has 2 heteroatoms. The van der Waals surface area contributed by atoms with Crippen molar-refractivity contribution in [3.63, 3.8) is 0 Å². The monoisotopic (exact) mass is 242 g/mol. The zero-order valence-corrected chi connectivity index (χ0v) is 10.5. The quantitative estimate of drug-likeness (QED) is 0.796. The maximum atomic E-state index is 12.7. The Morgan fingerprint density at radius 1 is 1.11 bits per heavy atom. The van der Waals surface area contributed by atoms with Crippen LogP contribution in [0.5, 0.6) is 5.75 Å². The number of ether oxygens (including phenoxy) is 1. The molecule has 1 aliphatic heterocycles. The number of carbonyl (C=O) groups excluding carboxylic acids is 1. The lowest BCUT2D eigenvalue weighted by atomic mass is 9.86. The molecule has 0 N–H and O–H groups in total. The van der Waals surface area contributed by atoms with Crippen molar-refractivity contribution in [3.05, 3.63) is 29.8 Å². The Morgan fingerprint density at radius 3 is 2.72 bits per heavy atom. The second kappa shape index (κ2) is 3.84. The minimum Gasteiger partial charge on any atom is -0.493 e. The zero-order valence-electron chi connectivity index (χ0n) is 10.5. The molecule has 94 valence electrons. The third kappa shape index (κ3) is 1.44. The molecule has 4 rings (SSSR count). The van der Waals surface area contributed by atoms with E-state index >= 15 is 0 Å². The molecule has 2 saturated carbocycles. The molecule has 18 heavy (non-hydrogen) atoms. The van der Waals surface area contributed by atoms with Crippen molar-refractivity contribution in [3.8, 4) is 5.75 Å². The van der Waals surface area contributed by atoms with E-state index in [0.29, 0.717) is 18.3 Å². The summed E-state index contributed by atoms with van der Waals surface area (Å²) in [5, 5.41) is 0. The number of benzene rings is 1. The fraction of sp³-hybridized carbons (Fsp3) is 0.562. The Labute approximate surface area is 107 Å². The largest absolute Gasteiger partial charge is 0.493 e. The van der Waals surface area contributed by atoms with Gasteiger partial charge in [0.15, 0.2) is 0 Å². The zero-order chi connectivity index (χ0) is 12.1. The molecule has 1 heterocycles. The van der Waals surface area contributed by atoms with Crippen LogP contribution in [0.3, 0.4) is 0 Å². The summed E-state index contributed by atoms with van der Waals surface area (Å²) in [5.74, 6) is 3.37. The van der Waals surface area contributed by atoms with Crippen LogP contribution in [0.25, 0.3) is 0 Å². The number of hydrogen-bond acceptors (Lipinski definition) is 2. The molecule has 2 nitrogen and oxygen atoms in total. The van der Waals surface area contributed by atoms with Crippen molar-refractivity contribution in [2.45, 2.75) is 31.6 Å². The molecule has 3 atom stereocenters. The smallest absolute Gasteiger partial charge is 0.144 e. The van der Waals surface area contributed by atoms with Gasteiger partial charge in [-0.05, 0) is 37.2 Å². The lowest BCUT2D eigenvalue weighted by molar-refractivity contribution is -0.123. The van der Waals surface area contributed by atoms with Crippen molar-refractivity contribution >= 4 is 5.78 Å². The molecule has 2 fully saturated rings. The lowest BCUT2D eigenvalue weighted by Crippen LogP contribution is -2.23. The Balaban J connectivity index is 1.61. The lowest BCUT2D eigenvalue weighted by Gasteiger charge is -2.25. The van der Waals surface area contributed by atoms with Gasteiger partial charge in [0.25, 0.3) is 0 Å². The van der Waals surface area contributed by atoms with E-state index in [2.05, 4.69) is 6.07 Å². The predicted octanol–water partition coefficient (Wildman–Crippen LogP) is 3.17. The molecule has 1 aromatic carbocycles. The first-order valence-corrected chi connectivity index (χ1v) is 7.12. The number of carbonyl (C=O) groups is 1. The number of ketones is 1. The second-order valence-corrected chi connectivity index (χ2v) is 5.91. The van der Waals surface area contributed by atoms with Gasteiger partial charge in [0, 0.05) is 17.4 Å². The first kappa shape index (κ1) is 10.6. The van der Waals surface area contributed by atoms with Crippen LogP contribution in [0, 0.1) is 17.8 Å². The maximum absolute atomic E-state index is 12.7. The van der Waals surface area contributed by atoms with Crippen LogP contribution in [0.1, 0.15) is 37.2 Å². The highest BCUT2D eigenvalue weighted by Gasteiger charge is 2.57. The molecule has 2 aliphatic carbocycles. The molecule has 0 aromatic heterocycles. The molecule has 0 saturated heterocycles. The van der Waals surface area contributed by atoms with E-state index in [1.54, 1.807) is 0 Å². The molecule has 0 spiro atoms. The van der Waals surface area contributed by atoms with Crippen molar-refractivity contribution in [2.75, 3.05) is 6.61 Å². The van der Waals surface area contributed by atoms with Gasteiger partial charge in [-0.1, -0.05) is 24.6 Å². The van der Waals surface area contributed by atoms with Crippen molar-refractivity contribution in [1.82, 2.24) is 0 Å². The molecule has 3 unspecified atom stereocenters. The van der Waals surface area contributed by atoms with Gasteiger partial charge in [-0.2, -0.15) is 0 Å². The van der Waals surface area contributed by atoms with Crippen LogP contribution in [0.2, 0.25) is 0 Å². The highest BCUT2D eigenvalue weighted by molar-refractivity contribution is 5.91. The van der Waals surface area contributed by atoms with Gasteiger partial charge >= 0.3 is 0 Å². The maximum Gasteiger partial charge on any atom is 0.144 e. The minimum absolute atomic E-state index is 0.102. The van der Waals surface area contributed by atoms with Gasteiger partial charge in [0.05, 0.1) is 6.61 Å². The average molecular weight is 242 g/mol. The molecule has 0 amide bonds. The van der Waals surface area contributed by atoms with Crippen LogP contribution in [-0.2, 0) is 4.79 Å². The minimum atomic E-state index is 0.102. The first-order valence-electron chi connectivity index (χ1n) is 7.12. The van der Waals surface area contributed by atoms with Gasteiger partial charge < -0.3 is 4.74 Å². The number of Topliss-reactive ketones (excluding diaryl/α,β-unsaturated/α-hetero) is 1. The molecule has 1 aromatic rings. The summed E-state index contributed by atoms with van der Waals surface area (Å²) >= 11 is 0. The van der Waals surface area contributed by atoms with E-state index in [4.69, 9.17) is 4.74 Å². The van der Waals surface area contributed by atoms with Crippen LogP contribution in [0.15, 0.2) is 24.3 Å². The molecule has 3 aliphatic rings. The summed E-state index contributed by atoms with van der Waals surface area (Å²) in [6.07, 6.45) is 4.77. The normalized spacial score (nSPS) is 36.4. The first-order chi connectivity index (χ1) is 8.86. The van der Waals surface area contributed by atoms with Gasteiger partial charge in [0.2, 0.25) is 0 Å². The van der Waals surface area contributed by atoms with E-state index in [1.807, 2.05) is 18.2 Å². The Morgan fingerprint density at radius 2 is 1.89 bits per heavy atom. The van der Waals surface area contributed by atoms with Crippen LogP contribution < -0.4 is 4.74 Å². The molecule has 0 bridgehead atoms. The van der Waals surface area contributed by atoms with E-state index in [9.17, 15) is 4.79 Å². The van der Waals surface area contributed by atoms with E-state index in [-0.39, 0.29) is 5.92 Å². The molecule has 0 radical (unpaired) electrons. The summed E-state index contributed by atoms with van der Waals surface area (Å²) in [6, 6.07) is 8.05. The fourth-order valence-corrected chi connectivity index (χ4v) is 4.11. The van der Waals surface area contributed by atoms with E-state index < -0.39 is 0 Å². The van der Waals surface area contributed by atoms with Crippen LogP contribution >= 0.6 is 0 Å². The molecular formula is C16H18O2. The number of hydrogen-bond donors (Lipinski definition) is 0. The van der Waals surface area contributed by atoms with Crippen LogP contribution in [-0.4, -0.2) is 12.4 Å². The van der Waals surface area contributed by atoms with Gasteiger partial charge in [0.1, 0.15) is 11.5 Å². The SMILES string of the molecule is O=C(C1CCOc2ccccc21)C1C2CCCC21. The third-order valence-corrected chi connectivity index (χ3v) is 5.04. The number of rotatable bonds is 2. The Bertz CT molecular complexity index is 484. The summed E-state index contributed by atoms with van der Waals surface area (Å²) in [5.41, 5.74) is 1.12. The van der Waals surface area contributed by atoms with Gasteiger partial charge in [-0.3, -0.25) is 4.79 Å². The Hall–Kier alpha value is -1.31. The van der Waals surface area contributed by atoms with E-state index in [0.717, 1.165) is 29.6 Å². The number of para-hydroxylation sites is 1. The average Bonchev–Trinajstić information content (AvgIpc) is 2.90. The topological polar surface area (TPSA) is 26.3 Å². The predicted molar refractivity (Wildman–Crippen MR) is 68.6 cm³/mol. The standard InChI is InChI=1S/C16H18O2/c17-16(15-11-5-3-6-12(11)15)13-8-9-18-14-7-2-1-4-10(13)14/h1-2,4,7,11-13,15H,3,5-6,8-9H2.